The average Bonchev–Trinajstić information content (AvgIpc) is 0.828. The maximum absolute atomic E-state index is 13.5. The molecular weight excluding hydrogens is 1170 g/mol. The van der Waals surface area contributed by atoms with Crippen LogP contribution in [0.4, 0.5) is 0 Å². The molecule has 550 valence electrons. The zero-order chi connectivity index (χ0) is 68.1. The summed E-state index contributed by atoms with van der Waals surface area (Å²) in [6.45, 7) is 5.82. The molecule has 0 bridgehead atoms. The number of unbranched alkanes of at least 4 members (excludes halogenated alkanes) is 49. The molecule has 11 nitrogen and oxygen atoms in total. The Balaban J connectivity index is 2.47. The molecule has 0 aromatic rings. The standard InChI is InChI=1S/C83H153NO10/c1-4-7-10-13-16-19-22-25-27-29-31-33-35-37-39-41-43-45-47-49-51-53-56-59-62-65-68-71-78(88)94-81-80(90)79(89)77(72-85)93-83(81)92-73-74(75(86)69-66-63-60-57-54-24-21-18-15-12-9-6-3)84-82(91)76(87)70-67-64-61-58-55-52-50-48-46-44-42-40-38-36-34-32-30-28-26-23-20-17-14-11-8-5-2/h17,20,25-28,32,34,66,69,74-77,79-81,83,85-87,89-90H,4-16,18-19,21-24,29-31,33,35-65,67-68,70-73H2,1-3H3,(H,84,91)/b20-17-,27-25+,28-26-,34-32-,69-66+. The van der Waals surface area contributed by atoms with Crippen molar-refractivity contribution in [3.05, 3.63) is 60.8 Å². The summed E-state index contributed by atoms with van der Waals surface area (Å²) in [6, 6.07) is -1.03. The van der Waals surface area contributed by atoms with Gasteiger partial charge in [0, 0.05) is 6.42 Å². The maximum Gasteiger partial charge on any atom is 0.306 e. The molecular formula is C83H153NO10. The number of nitrogens with one attached hydrogen (secondary N) is 1. The Kier molecular flexibility index (Phi) is 66.8. The van der Waals surface area contributed by atoms with Crippen LogP contribution in [-0.2, 0) is 23.8 Å². The summed E-state index contributed by atoms with van der Waals surface area (Å²) in [5, 5.41) is 57.5. The first-order chi connectivity index (χ1) is 46.2. The van der Waals surface area contributed by atoms with Crippen LogP contribution in [0.15, 0.2) is 60.8 Å². The summed E-state index contributed by atoms with van der Waals surface area (Å²) in [4.78, 5) is 26.8. The lowest BCUT2D eigenvalue weighted by Gasteiger charge is -2.41. The highest BCUT2D eigenvalue weighted by atomic mass is 16.7. The van der Waals surface area contributed by atoms with Crippen LogP contribution in [0.2, 0.25) is 0 Å². The molecule has 1 rings (SSSR count). The minimum atomic E-state index is -1.61. The maximum atomic E-state index is 13.5. The van der Waals surface area contributed by atoms with Gasteiger partial charge in [-0.1, -0.05) is 358 Å². The number of aliphatic hydroxyl groups is 5. The smallest absolute Gasteiger partial charge is 0.306 e. The Labute approximate surface area is 579 Å². The van der Waals surface area contributed by atoms with Crippen LogP contribution in [-0.4, -0.2) is 99.6 Å². The van der Waals surface area contributed by atoms with Gasteiger partial charge in [0.2, 0.25) is 5.91 Å². The lowest BCUT2D eigenvalue weighted by atomic mass is 9.99. The fraction of sp³-hybridized carbons (Fsp3) is 0.855. The molecule has 1 aliphatic heterocycles. The molecule has 0 saturated carbocycles. The van der Waals surface area contributed by atoms with Crippen molar-refractivity contribution in [1.29, 1.82) is 0 Å². The molecule has 8 unspecified atom stereocenters. The number of esters is 1. The van der Waals surface area contributed by atoms with Crippen molar-refractivity contribution in [1.82, 2.24) is 5.32 Å². The van der Waals surface area contributed by atoms with Crippen LogP contribution in [0.1, 0.15) is 393 Å². The van der Waals surface area contributed by atoms with E-state index in [0.29, 0.717) is 19.3 Å². The number of carbonyl (C=O) groups excluding carboxylic acids is 2. The van der Waals surface area contributed by atoms with Crippen LogP contribution < -0.4 is 5.32 Å². The lowest BCUT2D eigenvalue weighted by molar-refractivity contribution is -0.305. The third-order valence-corrected chi connectivity index (χ3v) is 19.1. The van der Waals surface area contributed by atoms with Gasteiger partial charge in [0.15, 0.2) is 12.4 Å². The number of ether oxygens (including phenoxy) is 3. The SMILES string of the molecule is CCCCC/C=C\C/C=C\C/C=C\CCCCCCCCCCCCCCCC(O)C(=O)NC(COC1OC(CO)C(O)C(O)C1OC(=O)CCCCCCCCCCCCCCCCCCC/C=C/CCCCCCCC)C(O)/C=C/CCCCCCCCCCCC. The molecule has 0 radical (unpaired) electrons. The second-order valence-corrected chi connectivity index (χ2v) is 28.1. The molecule has 1 saturated heterocycles. The summed E-state index contributed by atoms with van der Waals surface area (Å²) in [7, 11) is 0. The van der Waals surface area contributed by atoms with E-state index in [-0.39, 0.29) is 13.0 Å². The van der Waals surface area contributed by atoms with Crippen molar-refractivity contribution in [3.8, 4) is 0 Å². The predicted octanol–water partition coefficient (Wildman–Crippen LogP) is 22.0. The van der Waals surface area contributed by atoms with Crippen LogP contribution >= 0.6 is 0 Å². The zero-order valence-corrected chi connectivity index (χ0v) is 61.6. The minimum Gasteiger partial charge on any atom is -0.454 e. The highest BCUT2D eigenvalue weighted by Gasteiger charge is 2.47. The molecule has 94 heavy (non-hydrogen) atoms. The highest BCUT2D eigenvalue weighted by Crippen LogP contribution is 2.27. The third-order valence-electron chi connectivity index (χ3n) is 19.1. The van der Waals surface area contributed by atoms with Crippen molar-refractivity contribution >= 4 is 11.9 Å². The first-order valence-corrected chi connectivity index (χ1v) is 40.6. The fourth-order valence-electron chi connectivity index (χ4n) is 12.8. The second-order valence-electron chi connectivity index (χ2n) is 28.1. The van der Waals surface area contributed by atoms with E-state index in [1.807, 2.05) is 6.08 Å². The molecule has 1 aliphatic rings. The second kappa shape index (κ2) is 70.2. The van der Waals surface area contributed by atoms with Gasteiger partial charge in [-0.25, -0.2) is 0 Å². The van der Waals surface area contributed by atoms with Crippen LogP contribution in [0.3, 0.4) is 0 Å². The molecule has 0 aromatic carbocycles. The van der Waals surface area contributed by atoms with Gasteiger partial charge in [-0.3, -0.25) is 9.59 Å². The zero-order valence-electron chi connectivity index (χ0n) is 61.6. The van der Waals surface area contributed by atoms with E-state index in [1.54, 1.807) is 6.08 Å². The van der Waals surface area contributed by atoms with Crippen molar-refractivity contribution in [2.45, 2.75) is 442 Å². The van der Waals surface area contributed by atoms with E-state index in [2.05, 4.69) is 74.7 Å². The van der Waals surface area contributed by atoms with Gasteiger partial charge in [-0.15, -0.1) is 0 Å². The highest BCUT2D eigenvalue weighted by molar-refractivity contribution is 5.80. The number of hydrogen-bond acceptors (Lipinski definition) is 10. The number of rotatable bonds is 71. The monoisotopic (exact) mass is 1320 g/mol. The van der Waals surface area contributed by atoms with Crippen molar-refractivity contribution in [3.63, 3.8) is 0 Å². The lowest BCUT2D eigenvalue weighted by Crippen LogP contribution is -2.61. The summed E-state index contributed by atoms with van der Waals surface area (Å²) in [5.74, 6) is -1.18. The molecule has 0 aliphatic carbocycles. The van der Waals surface area contributed by atoms with Gasteiger partial charge in [0.1, 0.15) is 24.4 Å². The fourth-order valence-corrected chi connectivity index (χ4v) is 12.8. The van der Waals surface area contributed by atoms with Crippen LogP contribution in [0.25, 0.3) is 0 Å². The van der Waals surface area contributed by atoms with Gasteiger partial charge < -0.3 is 45.1 Å². The van der Waals surface area contributed by atoms with E-state index in [4.69, 9.17) is 14.2 Å². The Morgan fingerprint density at radius 2 is 0.734 bits per heavy atom. The normalized spacial score (nSPS) is 18.1. The molecule has 6 N–H and O–H groups in total. The number of hydrogen-bond donors (Lipinski definition) is 6. The predicted molar refractivity (Wildman–Crippen MR) is 398 cm³/mol. The summed E-state index contributed by atoms with van der Waals surface area (Å²) in [5.41, 5.74) is 0. The molecule has 1 heterocycles. The number of carbonyl (C=O) groups is 2. The quantitative estimate of drug-likeness (QED) is 0.0195. The van der Waals surface area contributed by atoms with Gasteiger partial charge in [0.05, 0.1) is 25.4 Å². The molecule has 0 aromatic heterocycles. The van der Waals surface area contributed by atoms with Gasteiger partial charge in [0.25, 0.3) is 0 Å². The summed E-state index contributed by atoms with van der Waals surface area (Å²) in [6.07, 6.45) is 81.4. The molecule has 11 heteroatoms. The minimum absolute atomic E-state index is 0.127. The van der Waals surface area contributed by atoms with Crippen LogP contribution in [0, 0.1) is 0 Å². The van der Waals surface area contributed by atoms with Gasteiger partial charge in [-0.05, 0) is 89.9 Å². The molecule has 1 amide bonds. The largest absolute Gasteiger partial charge is 0.454 e. The molecule has 1 fully saturated rings. The van der Waals surface area contributed by atoms with E-state index in [1.165, 1.54) is 276 Å². The van der Waals surface area contributed by atoms with E-state index < -0.39 is 67.4 Å². The first-order valence-electron chi connectivity index (χ1n) is 40.6. The summed E-state index contributed by atoms with van der Waals surface area (Å²) < 4.78 is 17.8. The third kappa shape index (κ3) is 56.3. The van der Waals surface area contributed by atoms with Gasteiger partial charge in [-0.2, -0.15) is 0 Å². The van der Waals surface area contributed by atoms with E-state index in [0.717, 1.165) is 70.6 Å². The Hall–Kier alpha value is -2.64. The number of amides is 1. The van der Waals surface area contributed by atoms with Crippen molar-refractivity contribution < 1.29 is 49.3 Å². The van der Waals surface area contributed by atoms with Crippen LogP contribution in [0.5, 0.6) is 0 Å². The molecule has 8 atom stereocenters. The van der Waals surface area contributed by atoms with Crippen molar-refractivity contribution in [2.24, 2.45) is 0 Å². The summed E-state index contributed by atoms with van der Waals surface area (Å²) >= 11 is 0. The van der Waals surface area contributed by atoms with Crippen molar-refractivity contribution in [2.75, 3.05) is 13.2 Å². The average molecular weight is 1330 g/mol. The Bertz CT molecular complexity index is 1770. The Morgan fingerprint density at radius 3 is 1.13 bits per heavy atom. The molecule has 0 spiro atoms. The number of allylic oxidation sites excluding steroid dienone is 9. The number of aliphatic hydroxyl groups excluding tert-OH is 5. The van der Waals surface area contributed by atoms with E-state index in [9.17, 15) is 35.1 Å². The topological polar surface area (TPSA) is 175 Å². The van der Waals surface area contributed by atoms with E-state index >= 15 is 0 Å². The Morgan fingerprint density at radius 1 is 0.415 bits per heavy atom. The van der Waals surface area contributed by atoms with Gasteiger partial charge >= 0.3 is 5.97 Å². The first kappa shape index (κ1) is 89.4.